The van der Waals surface area contributed by atoms with Crippen LogP contribution in [0.4, 0.5) is 15.8 Å². The number of anilines is 1. The van der Waals surface area contributed by atoms with Gasteiger partial charge in [-0.3, -0.25) is 15.1 Å². The van der Waals surface area contributed by atoms with E-state index in [4.69, 9.17) is 0 Å². The number of non-ortho nitro benzene ring substituents is 1. The number of nitro groups is 1. The summed E-state index contributed by atoms with van der Waals surface area (Å²) in [6, 6.07) is 4.02. The van der Waals surface area contributed by atoms with Crippen LogP contribution in [0.2, 0.25) is 0 Å². The molecule has 0 amide bonds. The summed E-state index contributed by atoms with van der Waals surface area (Å²) in [7, 11) is 0. The Labute approximate surface area is 107 Å². The van der Waals surface area contributed by atoms with Crippen LogP contribution in [0.3, 0.4) is 0 Å². The van der Waals surface area contributed by atoms with Gasteiger partial charge in [0, 0.05) is 19.3 Å². The molecule has 3 rings (SSSR count). The molecule has 2 heterocycles. The van der Waals surface area contributed by atoms with E-state index in [0.29, 0.717) is 18.5 Å². The van der Waals surface area contributed by atoms with Gasteiger partial charge in [-0.1, -0.05) is 0 Å². The van der Waals surface area contributed by atoms with Crippen molar-refractivity contribution in [3.05, 3.63) is 40.3 Å². The number of hydrogen-bond acceptors (Lipinski definition) is 5. The lowest BCUT2D eigenvalue weighted by molar-refractivity contribution is -0.383. The normalized spacial score (nSPS) is 15.6. The van der Waals surface area contributed by atoms with E-state index in [1.165, 1.54) is 6.20 Å². The lowest BCUT2D eigenvalue weighted by Crippen LogP contribution is -2.51. The quantitative estimate of drug-likeness (QED) is 0.655. The molecule has 1 aliphatic rings. The Morgan fingerprint density at radius 1 is 1.53 bits per heavy atom. The summed E-state index contributed by atoms with van der Waals surface area (Å²) in [5.41, 5.74) is 0.165. The fourth-order valence-electron chi connectivity index (χ4n) is 2.27. The van der Waals surface area contributed by atoms with Crippen molar-refractivity contribution in [1.82, 2.24) is 4.98 Å². The third kappa shape index (κ3) is 1.78. The number of nitrogens with zero attached hydrogens (tertiary/aromatic N) is 3. The number of nitro benzene ring substituents is 1. The minimum Gasteiger partial charge on any atom is -0.389 e. The van der Waals surface area contributed by atoms with E-state index < -0.39 is 16.8 Å². The van der Waals surface area contributed by atoms with Crippen LogP contribution in [0.25, 0.3) is 10.9 Å². The molecule has 1 aromatic carbocycles. The molecule has 0 atom stereocenters. The monoisotopic (exact) mass is 263 g/mol. The first-order chi connectivity index (χ1) is 9.08. The number of pyridine rings is 1. The Bertz CT molecular complexity index is 671. The first kappa shape index (κ1) is 11.8. The fourth-order valence-corrected chi connectivity index (χ4v) is 2.27. The average Bonchev–Trinajstić information content (AvgIpc) is 2.35. The standard InChI is InChI=1S/C12H10FN3O3/c13-9-4-10(16(18)19)8-2-1-3-14-11(8)12(9)15-5-7(17)6-15/h1-4,7,17H,5-6H2. The highest BCUT2D eigenvalue weighted by Crippen LogP contribution is 2.36. The second-order valence-corrected chi connectivity index (χ2v) is 4.44. The van der Waals surface area contributed by atoms with Crippen LogP contribution in [0.15, 0.2) is 24.4 Å². The largest absolute Gasteiger partial charge is 0.389 e. The molecule has 2 aromatic rings. The topological polar surface area (TPSA) is 79.5 Å². The number of β-amino-alcohol motifs (C(OH)–C–C–N with tert-alkyl or cyclic N) is 1. The maximum Gasteiger partial charge on any atom is 0.281 e. The molecule has 1 saturated heterocycles. The zero-order chi connectivity index (χ0) is 13.6. The summed E-state index contributed by atoms with van der Waals surface area (Å²) >= 11 is 0. The number of halogens is 1. The summed E-state index contributed by atoms with van der Waals surface area (Å²) in [5.74, 6) is -0.690. The van der Waals surface area contributed by atoms with Gasteiger partial charge in [-0.2, -0.15) is 0 Å². The van der Waals surface area contributed by atoms with Crippen LogP contribution < -0.4 is 4.90 Å². The number of benzene rings is 1. The van der Waals surface area contributed by atoms with E-state index in [1.54, 1.807) is 17.0 Å². The molecule has 19 heavy (non-hydrogen) atoms. The molecule has 1 fully saturated rings. The zero-order valence-electron chi connectivity index (χ0n) is 9.78. The molecule has 0 unspecified atom stereocenters. The van der Waals surface area contributed by atoms with E-state index in [9.17, 15) is 19.6 Å². The van der Waals surface area contributed by atoms with E-state index in [2.05, 4.69) is 4.98 Å². The van der Waals surface area contributed by atoms with Gasteiger partial charge in [0.15, 0.2) is 5.82 Å². The van der Waals surface area contributed by atoms with Crippen molar-refractivity contribution in [3.8, 4) is 0 Å². The Hall–Kier alpha value is -2.28. The maximum atomic E-state index is 14.1. The van der Waals surface area contributed by atoms with E-state index >= 15 is 0 Å². The number of aliphatic hydroxyl groups excluding tert-OH is 1. The summed E-state index contributed by atoms with van der Waals surface area (Å²) < 4.78 is 14.1. The second kappa shape index (κ2) is 4.13. The Morgan fingerprint density at radius 3 is 2.89 bits per heavy atom. The van der Waals surface area contributed by atoms with Crippen molar-refractivity contribution >= 4 is 22.3 Å². The lowest BCUT2D eigenvalue weighted by Gasteiger charge is -2.38. The van der Waals surface area contributed by atoms with Gasteiger partial charge in [0.25, 0.3) is 5.69 Å². The minimum absolute atomic E-state index is 0.214. The van der Waals surface area contributed by atoms with Crippen LogP contribution in [-0.4, -0.2) is 34.2 Å². The molecule has 1 aliphatic heterocycles. The van der Waals surface area contributed by atoms with Gasteiger partial charge < -0.3 is 10.0 Å². The van der Waals surface area contributed by atoms with Gasteiger partial charge in [0.05, 0.1) is 22.5 Å². The molecule has 1 N–H and O–H groups in total. The minimum atomic E-state index is -0.690. The van der Waals surface area contributed by atoms with Crippen molar-refractivity contribution in [2.24, 2.45) is 0 Å². The third-order valence-corrected chi connectivity index (χ3v) is 3.17. The number of hydrogen-bond donors (Lipinski definition) is 1. The van der Waals surface area contributed by atoms with Crippen LogP contribution in [-0.2, 0) is 0 Å². The summed E-state index contributed by atoms with van der Waals surface area (Å²) in [6.07, 6.45) is 0.971. The summed E-state index contributed by atoms with van der Waals surface area (Å²) in [5, 5.41) is 20.5. The van der Waals surface area contributed by atoms with Crippen molar-refractivity contribution in [3.63, 3.8) is 0 Å². The van der Waals surface area contributed by atoms with Gasteiger partial charge in [-0.15, -0.1) is 0 Å². The number of aliphatic hydroxyl groups is 1. The molecule has 1 aromatic heterocycles. The fraction of sp³-hybridized carbons (Fsp3) is 0.250. The highest BCUT2D eigenvalue weighted by molar-refractivity contribution is 5.97. The van der Waals surface area contributed by atoms with Crippen LogP contribution in [0.5, 0.6) is 0 Å². The maximum absolute atomic E-state index is 14.1. The van der Waals surface area contributed by atoms with Crippen molar-refractivity contribution < 1.29 is 14.4 Å². The molecule has 98 valence electrons. The summed E-state index contributed by atoms with van der Waals surface area (Å²) in [4.78, 5) is 16.0. The molecular weight excluding hydrogens is 253 g/mol. The van der Waals surface area contributed by atoms with Crippen molar-refractivity contribution in [2.75, 3.05) is 18.0 Å². The third-order valence-electron chi connectivity index (χ3n) is 3.17. The number of rotatable bonds is 2. The van der Waals surface area contributed by atoms with Crippen molar-refractivity contribution in [1.29, 1.82) is 0 Å². The predicted molar refractivity (Wildman–Crippen MR) is 66.6 cm³/mol. The number of fused-ring (bicyclic) bond motifs is 1. The van der Waals surface area contributed by atoms with Gasteiger partial charge in [0.1, 0.15) is 11.2 Å². The van der Waals surface area contributed by atoms with Gasteiger partial charge in [-0.05, 0) is 12.1 Å². The lowest BCUT2D eigenvalue weighted by atomic mass is 10.1. The van der Waals surface area contributed by atoms with Crippen LogP contribution >= 0.6 is 0 Å². The zero-order valence-corrected chi connectivity index (χ0v) is 9.78. The molecule has 0 saturated carbocycles. The Kier molecular flexibility index (Phi) is 2.56. The number of aromatic nitrogens is 1. The van der Waals surface area contributed by atoms with Gasteiger partial charge in [-0.25, -0.2) is 4.39 Å². The smallest absolute Gasteiger partial charge is 0.281 e. The summed E-state index contributed by atoms with van der Waals surface area (Å²) in [6.45, 7) is 0.612. The molecule has 0 spiro atoms. The van der Waals surface area contributed by atoms with Gasteiger partial charge >= 0.3 is 0 Å². The highest BCUT2D eigenvalue weighted by Gasteiger charge is 2.31. The molecule has 7 heteroatoms. The van der Waals surface area contributed by atoms with Crippen LogP contribution in [0, 0.1) is 15.9 Å². The van der Waals surface area contributed by atoms with E-state index in [1.807, 2.05) is 0 Å². The molecule has 6 nitrogen and oxygen atoms in total. The Balaban J connectivity index is 2.25. The van der Waals surface area contributed by atoms with Crippen LogP contribution in [0.1, 0.15) is 0 Å². The van der Waals surface area contributed by atoms with Crippen molar-refractivity contribution in [2.45, 2.75) is 6.10 Å². The molecule has 0 aliphatic carbocycles. The van der Waals surface area contributed by atoms with Gasteiger partial charge in [0.2, 0.25) is 0 Å². The average molecular weight is 263 g/mol. The SMILES string of the molecule is O=[N+]([O-])c1cc(F)c(N2CC(O)C2)c2ncccc12. The van der Waals surface area contributed by atoms with E-state index in [0.717, 1.165) is 6.07 Å². The Morgan fingerprint density at radius 2 is 2.26 bits per heavy atom. The molecular formula is C12H10FN3O3. The first-order valence-electron chi connectivity index (χ1n) is 5.72. The van der Waals surface area contributed by atoms with E-state index in [-0.39, 0.29) is 16.9 Å². The highest BCUT2D eigenvalue weighted by atomic mass is 19.1. The second-order valence-electron chi connectivity index (χ2n) is 4.44. The molecule has 0 bridgehead atoms. The predicted octanol–water partition coefficient (Wildman–Crippen LogP) is 1.46. The molecule has 0 radical (unpaired) electrons. The first-order valence-corrected chi connectivity index (χ1v) is 5.72.